The minimum atomic E-state index is -0.877. The zero-order valence-electron chi connectivity index (χ0n) is 13.7. The summed E-state index contributed by atoms with van der Waals surface area (Å²) in [5, 5.41) is 14.5. The minimum absolute atomic E-state index is 0.265. The molecule has 1 aliphatic heterocycles. The number of hydrogen-bond acceptors (Lipinski definition) is 3. The van der Waals surface area contributed by atoms with Gasteiger partial charge in [-0.3, -0.25) is 9.59 Å². The van der Waals surface area contributed by atoms with Gasteiger partial charge in [-0.25, -0.2) is 4.68 Å². The van der Waals surface area contributed by atoms with E-state index in [0.717, 1.165) is 5.69 Å². The van der Waals surface area contributed by atoms with Gasteiger partial charge in [0.25, 0.3) is 5.91 Å². The maximum Gasteiger partial charge on any atom is 0.308 e. The van der Waals surface area contributed by atoms with Crippen molar-refractivity contribution in [3.8, 4) is 5.69 Å². The second-order valence-corrected chi connectivity index (χ2v) is 6.99. The van der Waals surface area contributed by atoms with Gasteiger partial charge in [-0.1, -0.05) is 23.2 Å². The van der Waals surface area contributed by atoms with Crippen molar-refractivity contribution >= 4 is 35.1 Å². The number of aliphatic carboxylic acids is 1. The molecular weight excluding hydrogens is 365 g/mol. The number of carbonyl (C=O) groups excluding carboxylic acids is 1. The number of carboxylic acid groups (broad SMARTS) is 1. The highest BCUT2D eigenvalue weighted by Crippen LogP contribution is 2.28. The van der Waals surface area contributed by atoms with Crippen LogP contribution < -0.4 is 0 Å². The molecular formula is C17H17Cl2N3O3. The average Bonchev–Trinajstić information content (AvgIpc) is 3.10. The lowest BCUT2D eigenvalue weighted by Gasteiger charge is -2.22. The predicted molar refractivity (Wildman–Crippen MR) is 94.6 cm³/mol. The summed E-state index contributed by atoms with van der Waals surface area (Å²) in [4.78, 5) is 25.6. The molecule has 1 aliphatic rings. The Labute approximate surface area is 154 Å². The molecule has 2 unspecified atom stereocenters. The molecule has 25 heavy (non-hydrogen) atoms. The van der Waals surface area contributed by atoms with E-state index < -0.39 is 11.9 Å². The molecule has 0 radical (unpaired) electrons. The molecule has 1 N–H and O–H groups in total. The van der Waals surface area contributed by atoms with Crippen LogP contribution in [0.4, 0.5) is 0 Å². The van der Waals surface area contributed by atoms with Gasteiger partial charge >= 0.3 is 5.97 Å². The van der Waals surface area contributed by atoms with Crippen molar-refractivity contribution in [2.24, 2.45) is 5.92 Å². The number of aromatic nitrogens is 2. The Morgan fingerprint density at radius 1 is 1.28 bits per heavy atom. The van der Waals surface area contributed by atoms with E-state index in [0.29, 0.717) is 28.7 Å². The highest BCUT2D eigenvalue weighted by atomic mass is 35.5. The van der Waals surface area contributed by atoms with E-state index in [2.05, 4.69) is 5.10 Å². The molecule has 1 aromatic carbocycles. The van der Waals surface area contributed by atoms with Gasteiger partial charge in [0.05, 0.1) is 16.6 Å². The first-order valence-electron chi connectivity index (χ1n) is 7.85. The molecule has 0 aliphatic carbocycles. The standard InChI is InChI=1S/C17H17Cl2N3O3/c1-9-7-14(16(23)21-6-5-12(10(21)2)17(24)25)20-22(9)15-4-3-11(18)8-13(15)19/h3-4,7-8,10,12H,5-6H2,1-2H3,(H,24,25). The summed E-state index contributed by atoms with van der Waals surface area (Å²) in [7, 11) is 0. The molecule has 0 spiro atoms. The molecule has 6 nitrogen and oxygen atoms in total. The average molecular weight is 382 g/mol. The Kier molecular flexibility index (Phi) is 4.75. The predicted octanol–water partition coefficient (Wildman–Crippen LogP) is 3.42. The molecule has 1 aromatic heterocycles. The van der Waals surface area contributed by atoms with Crippen molar-refractivity contribution in [2.75, 3.05) is 6.54 Å². The van der Waals surface area contributed by atoms with Crippen molar-refractivity contribution < 1.29 is 14.7 Å². The fourth-order valence-electron chi connectivity index (χ4n) is 3.18. The number of carboxylic acids is 1. The molecule has 0 saturated carbocycles. The van der Waals surface area contributed by atoms with Gasteiger partial charge in [-0.2, -0.15) is 5.10 Å². The zero-order chi connectivity index (χ0) is 18.3. The molecule has 0 bridgehead atoms. The van der Waals surface area contributed by atoms with E-state index in [1.54, 1.807) is 40.8 Å². The van der Waals surface area contributed by atoms with Crippen LogP contribution in [-0.4, -0.2) is 44.3 Å². The fourth-order valence-corrected chi connectivity index (χ4v) is 3.67. The number of likely N-dealkylation sites (tertiary alicyclic amines) is 1. The summed E-state index contributed by atoms with van der Waals surface area (Å²) < 4.78 is 1.58. The first-order valence-corrected chi connectivity index (χ1v) is 8.61. The van der Waals surface area contributed by atoms with Crippen LogP contribution in [-0.2, 0) is 4.79 Å². The van der Waals surface area contributed by atoms with Gasteiger partial charge in [0.2, 0.25) is 0 Å². The molecule has 8 heteroatoms. The van der Waals surface area contributed by atoms with E-state index in [1.807, 2.05) is 6.92 Å². The lowest BCUT2D eigenvalue weighted by molar-refractivity contribution is -0.142. The number of rotatable bonds is 3. The number of carbonyl (C=O) groups is 2. The zero-order valence-corrected chi connectivity index (χ0v) is 15.3. The summed E-state index contributed by atoms with van der Waals surface area (Å²) >= 11 is 12.1. The normalized spacial score (nSPS) is 20.1. The maximum atomic E-state index is 12.8. The molecule has 3 rings (SSSR count). The Morgan fingerprint density at radius 2 is 2.00 bits per heavy atom. The highest BCUT2D eigenvalue weighted by molar-refractivity contribution is 6.35. The first kappa shape index (κ1) is 17.8. The van der Waals surface area contributed by atoms with Gasteiger partial charge in [-0.05, 0) is 44.5 Å². The van der Waals surface area contributed by atoms with Gasteiger partial charge in [0.15, 0.2) is 5.69 Å². The minimum Gasteiger partial charge on any atom is -0.481 e. The van der Waals surface area contributed by atoms with Gasteiger partial charge in [0.1, 0.15) is 0 Å². The van der Waals surface area contributed by atoms with Crippen molar-refractivity contribution in [1.82, 2.24) is 14.7 Å². The topological polar surface area (TPSA) is 75.4 Å². The number of amides is 1. The Hall–Kier alpha value is -2.05. The number of aryl methyl sites for hydroxylation is 1. The van der Waals surface area contributed by atoms with Gasteiger partial charge < -0.3 is 10.0 Å². The van der Waals surface area contributed by atoms with Crippen molar-refractivity contribution in [1.29, 1.82) is 0 Å². The fraction of sp³-hybridized carbons (Fsp3) is 0.353. The van der Waals surface area contributed by atoms with Crippen LogP contribution in [0, 0.1) is 12.8 Å². The smallest absolute Gasteiger partial charge is 0.308 e. The second-order valence-electron chi connectivity index (χ2n) is 6.15. The molecule has 1 saturated heterocycles. The van der Waals surface area contributed by atoms with E-state index in [-0.39, 0.29) is 17.6 Å². The van der Waals surface area contributed by atoms with E-state index in [4.69, 9.17) is 23.2 Å². The van der Waals surface area contributed by atoms with Crippen LogP contribution in [0.15, 0.2) is 24.3 Å². The van der Waals surface area contributed by atoms with E-state index >= 15 is 0 Å². The Bertz CT molecular complexity index is 850. The third-order valence-electron chi connectivity index (χ3n) is 4.58. The molecule has 2 aromatic rings. The van der Waals surface area contributed by atoms with E-state index in [9.17, 15) is 14.7 Å². The Balaban J connectivity index is 1.90. The second kappa shape index (κ2) is 6.69. The van der Waals surface area contributed by atoms with Crippen LogP contribution in [0.2, 0.25) is 10.0 Å². The Morgan fingerprint density at radius 3 is 2.60 bits per heavy atom. The lowest BCUT2D eigenvalue weighted by atomic mass is 10.0. The van der Waals surface area contributed by atoms with E-state index in [1.165, 1.54) is 0 Å². The van der Waals surface area contributed by atoms with Crippen LogP contribution in [0.5, 0.6) is 0 Å². The van der Waals surface area contributed by atoms with Crippen LogP contribution in [0.1, 0.15) is 29.5 Å². The SMILES string of the molecule is Cc1cc(C(=O)N2CCC(C(=O)O)C2C)nn1-c1ccc(Cl)cc1Cl. The largest absolute Gasteiger partial charge is 0.481 e. The van der Waals surface area contributed by atoms with Crippen molar-refractivity contribution in [3.63, 3.8) is 0 Å². The van der Waals surface area contributed by atoms with Crippen molar-refractivity contribution in [3.05, 3.63) is 45.7 Å². The molecule has 2 atom stereocenters. The summed E-state index contributed by atoms with van der Waals surface area (Å²) in [6, 6.07) is 6.35. The third kappa shape index (κ3) is 3.24. The first-order chi connectivity index (χ1) is 11.8. The number of hydrogen-bond donors (Lipinski definition) is 1. The monoisotopic (exact) mass is 381 g/mol. The molecule has 132 valence electrons. The van der Waals surface area contributed by atoms with Crippen LogP contribution in [0.25, 0.3) is 5.69 Å². The maximum absolute atomic E-state index is 12.8. The summed E-state index contributed by atoms with van der Waals surface area (Å²) in [5.41, 5.74) is 1.64. The van der Waals surface area contributed by atoms with Crippen LogP contribution in [0.3, 0.4) is 0 Å². The lowest BCUT2D eigenvalue weighted by Crippen LogP contribution is -2.37. The van der Waals surface area contributed by atoms with Gasteiger partial charge in [0, 0.05) is 23.3 Å². The summed E-state index contributed by atoms with van der Waals surface area (Å²) in [5.74, 6) is -1.70. The number of benzene rings is 1. The highest BCUT2D eigenvalue weighted by Gasteiger charge is 2.39. The molecule has 1 fully saturated rings. The summed E-state index contributed by atoms with van der Waals surface area (Å²) in [6.45, 7) is 3.98. The third-order valence-corrected chi connectivity index (χ3v) is 5.12. The molecule has 1 amide bonds. The van der Waals surface area contributed by atoms with Crippen LogP contribution >= 0.6 is 23.2 Å². The number of halogens is 2. The number of nitrogens with zero attached hydrogens (tertiary/aromatic N) is 3. The molecule has 2 heterocycles. The summed E-state index contributed by atoms with van der Waals surface area (Å²) in [6.07, 6.45) is 0.449. The van der Waals surface area contributed by atoms with Crippen molar-refractivity contribution in [2.45, 2.75) is 26.3 Å². The van der Waals surface area contributed by atoms with Gasteiger partial charge in [-0.15, -0.1) is 0 Å². The quantitative estimate of drug-likeness (QED) is 0.883.